The van der Waals surface area contributed by atoms with Crippen molar-refractivity contribution in [3.05, 3.63) is 80.8 Å². The zero-order valence-electron chi connectivity index (χ0n) is 31.5. The standard InChI is InChI=1S/C19H22N4O5S2.C19H21N3O4S/c1-11-7-8-14(13(9-11)16(24)12-5-3-4-6-12)21-18(26)22-19-20-10-15(29-19)17(25)23-30(2,27)28;1-11-6-7-15(14(8-11)17(25)12-4-2-3-5-12)21-18(26)22-19-20-10-13(27-19)9-16(23)24/h7-10,12H,3-6H2,1-2H3,(H,23,25)(H2,20,21,22,26);6-8,10,12H,2-5,9H2,1H3,(H,23,24)(H2,20,21,22,26). The summed E-state index contributed by atoms with van der Waals surface area (Å²) in [7, 11) is -3.70. The lowest BCUT2D eigenvalue weighted by Crippen LogP contribution is -2.28. The number of sulfonamides is 1. The van der Waals surface area contributed by atoms with Gasteiger partial charge in [0.05, 0.1) is 30.2 Å². The lowest BCUT2D eigenvalue weighted by Gasteiger charge is -2.14. The minimum absolute atomic E-state index is 0.0213. The Morgan fingerprint density at radius 1 is 0.702 bits per heavy atom. The van der Waals surface area contributed by atoms with E-state index in [1.54, 1.807) is 24.3 Å². The molecular weight excluding hydrogens is 795 g/mol. The lowest BCUT2D eigenvalue weighted by atomic mass is 9.94. The van der Waals surface area contributed by atoms with Crippen LogP contribution in [-0.4, -0.2) is 65.3 Å². The molecule has 2 aliphatic rings. The summed E-state index contributed by atoms with van der Waals surface area (Å²) in [6.45, 7) is 3.79. The minimum atomic E-state index is -3.70. The van der Waals surface area contributed by atoms with Crippen LogP contribution in [0.15, 0.2) is 48.8 Å². The summed E-state index contributed by atoms with van der Waals surface area (Å²) in [6, 6.07) is 9.50. The Kier molecular flexibility index (Phi) is 14.3. The number of amides is 5. The summed E-state index contributed by atoms with van der Waals surface area (Å²) in [5.41, 5.74) is 3.76. The number of carbonyl (C=O) groups excluding carboxylic acids is 5. The first-order valence-corrected chi connectivity index (χ1v) is 21.7. The van der Waals surface area contributed by atoms with Gasteiger partial charge in [-0.1, -0.05) is 60.3 Å². The molecule has 0 atom stereocenters. The summed E-state index contributed by atoms with van der Waals surface area (Å²) < 4.78 is 24.1. The molecule has 2 saturated carbocycles. The maximum Gasteiger partial charge on any atom is 0.325 e. The Morgan fingerprint density at radius 2 is 1.16 bits per heavy atom. The van der Waals surface area contributed by atoms with Crippen molar-refractivity contribution in [2.75, 3.05) is 27.5 Å². The predicted molar refractivity (Wildman–Crippen MR) is 218 cm³/mol. The maximum atomic E-state index is 12.9. The smallest absolute Gasteiger partial charge is 0.325 e. The second-order valence-corrected chi connectivity index (χ2v) is 17.8. The molecule has 4 aromatic rings. The molecule has 302 valence electrons. The van der Waals surface area contributed by atoms with Gasteiger partial charge in [-0.15, -0.1) is 11.3 Å². The van der Waals surface area contributed by atoms with Crippen molar-refractivity contribution < 1.29 is 42.3 Å². The number of aryl methyl sites for hydroxylation is 2. The predicted octanol–water partition coefficient (Wildman–Crippen LogP) is 7.25. The number of hydrogen-bond acceptors (Lipinski definition) is 12. The molecule has 0 radical (unpaired) electrons. The fourth-order valence-corrected chi connectivity index (χ4v) is 8.53. The van der Waals surface area contributed by atoms with Crippen molar-refractivity contribution in [1.29, 1.82) is 0 Å². The van der Waals surface area contributed by atoms with Crippen LogP contribution in [0.3, 0.4) is 0 Å². The molecule has 2 aromatic heterocycles. The van der Waals surface area contributed by atoms with Gasteiger partial charge in [0.1, 0.15) is 4.88 Å². The number of Topliss-reactive ketones (excluding diaryl/α,β-unsaturated/α-hetero) is 2. The van der Waals surface area contributed by atoms with E-state index in [0.29, 0.717) is 32.5 Å². The number of anilines is 4. The number of carboxylic acid groups (broad SMARTS) is 1. The molecule has 5 amide bonds. The van der Waals surface area contributed by atoms with E-state index in [-0.39, 0.29) is 39.8 Å². The Balaban J connectivity index is 0.000000219. The molecule has 2 aliphatic carbocycles. The SMILES string of the molecule is Cc1ccc(NC(=O)Nc2ncc(C(=O)NS(C)(=O)=O)s2)c(C(=O)C2CCCC2)c1.Cc1ccc(NC(=O)Nc2ncc(CC(=O)O)s2)c(C(=O)C2CCCC2)c1. The second-order valence-electron chi connectivity index (χ2n) is 13.9. The number of benzene rings is 2. The molecule has 0 aliphatic heterocycles. The maximum absolute atomic E-state index is 12.9. The van der Waals surface area contributed by atoms with Gasteiger partial charge in [-0.25, -0.2) is 32.7 Å². The van der Waals surface area contributed by atoms with Gasteiger partial charge in [0.25, 0.3) is 5.91 Å². The number of urea groups is 2. The van der Waals surface area contributed by atoms with Crippen molar-refractivity contribution in [1.82, 2.24) is 14.7 Å². The van der Waals surface area contributed by atoms with Gasteiger partial charge in [0.15, 0.2) is 21.8 Å². The van der Waals surface area contributed by atoms with Crippen LogP contribution >= 0.6 is 22.7 Å². The van der Waals surface area contributed by atoms with Gasteiger partial charge in [0.2, 0.25) is 10.0 Å². The Bertz CT molecular complexity index is 2280. The highest BCUT2D eigenvalue weighted by Gasteiger charge is 2.28. The third-order valence-corrected chi connectivity index (χ3v) is 11.5. The molecule has 6 rings (SSSR count). The molecule has 0 unspecified atom stereocenters. The number of carbonyl (C=O) groups is 6. The fraction of sp³-hybridized carbons (Fsp3) is 0.368. The average molecular weight is 838 g/mol. The van der Waals surface area contributed by atoms with Gasteiger partial charge >= 0.3 is 18.0 Å². The highest BCUT2D eigenvalue weighted by Crippen LogP contribution is 2.32. The quantitative estimate of drug-likeness (QED) is 0.0776. The fourth-order valence-electron chi connectivity index (χ4n) is 6.51. The number of ketones is 2. The van der Waals surface area contributed by atoms with Gasteiger partial charge in [-0.3, -0.25) is 29.8 Å². The normalized spacial score (nSPS) is 14.2. The zero-order chi connectivity index (χ0) is 41.3. The van der Waals surface area contributed by atoms with E-state index >= 15 is 0 Å². The van der Waals surface area contributed by atoms with E-state index in [0.717, 1.165) is 91.4 Å². The molecule has 0 spiro atoms. The van der Waals surface area contributed by atoms with Crippen molar-refractivity contribution in [2.24, 2.45) is 11.8 Å². The number of rotatable bonds is 12. The van der Waals surface area contributed by atoms with Crippen LogP contribution in [0.4, 0.5) is 31.2 Å². The number of aliphatic carboxylic acids is 1. The van der Waals surface area contributed by atoms with Crippen LogP contribution in [0.2, 0.25) is 0 Å². The minimum Gasteiger partial charge on any atom is -0.481 e. The third-order valence-electron chi connectivity index (χ3n) is 9.16. The number of nitrogens with one attached hydrogen (secondary N) is 5. The number of hydrogen-bond donors (Lipinski definition) is 6. The van der Waals surface area contributed by atoms with E-state index in [2.05, 4.69) is 31.2 Å². The third kappa shape index (κ3) is 12.5. The molecular formula is C38H43N7O9S3. The Morgan fingerprint density at radius 3 is 1.61 bits per heavy atom. The lowest BCUT2D eigenvalue weighted by molar-refractivity contribution is -0.136. The first kappa shape index (κ1) is 42.6. The Labute approximate surface area is 337 Å². The van der Waals surface area contributed by atoms with Crippen LogP contribution in [0.1, 0.15) is 97.8 Å². The van der Waals surface area contributed by atoms with E-state index in [1.165, 1.54) is 12.4 Å². The number of carboxylic acids is 1. The molecule has 2 fully saturated rings. The summed E-state index contributed by atoms with van der Waals surface area (Å²) in [6.07, 6.45) is 11.0. The number of thiazole rings is 2. The van der Waals surface area contributed by atoms with Gasteiger partial charge < -0.3 is 15.7 Å². The molecule has 0 bridgehead atoms. The summed E-state index contributed by atoms with van der Waals surface area (Å²) in [4.78, 5) is 81.5. The highest BCUT2D eigenvalue weighted by atomic mass is 32.2. The van der Waals surface area contributed by atoms with E-state index < -0.39 is 34.0 Å². The van der Waals surface area contributed by atoms with Crippen LogP contribution in [-0.2, 0) is 21.2 Å². The summed E-state index contributed by atoms with van der Waals surface area (Å²) in [5.74, 6) is -1.68. The van der Waals surface area contributed by atoms with Gasteiger partial charge in [-0.2, -0.15) is 0 Å². The van der Waals surface area contributed by atoms with E-state index in [4.69, 9.17) is 5.11 Å². The van der Waals surface area contributed by atoms with Crippen LogP contribution in [0, 0.1) is 25.7 Å². The van der Waals surface area contributed by atoms with E-state index in [9.17, 15) is 37.2 Å². The highest BCUT2D eigenvalue weighted by molar-refractivity contribution is 7.89. The summed E-state index contributed by atoms with van der Waals surface area (Å²) in [5, 5.41) is 19.7. The monoisotopic (exact) mass is 837 g/mol. The number of aromatic nitrogens is 2. The first-order valence-electron chi connectivity index (χ1n) is 18.1. The number of nitrogens with zero attached hydrogens (tertiary/aromatic N) is 2. The topological polar surface area (TPSA) is 243 Å². The molecule has 2 aromatic carbocycles. The molecule has 2 heterocycles. The van der Waals surface area contributed by atoms with Crippen molar-refractivity contribution >= 4 is 89.8 Å². The van der Waals surface area contributed by atoms with E-state index in [1.807, 2.05) is 30.7 Å². The first-order chi connectivity index (χ1) is 27.0. The molecule has 57 heavy (non-hydrogen) atoms. The van der Waals surface area contributed by atoms with Crippen molar-refractivity contribution in [3.63, 3.8) is 0 Å². The molecule has 6 N–H and O–H groups in total. The largest absolute Gasteiger partial charge is 0.481 e. The Hall–Kier alpha value is -5.53. The molecule has 16 nitrogen and oxygen atoms in total. The average Bonchev–Trinajstić information content (AvgIpc) is 3.98. The van der Waals surface area contributed by atoms with Gasteiger partial charge in [-0.05, 0) is 63.8 Å². The van der Waals surface area contributed by atoms with Crippen molar-refractivity contribution in [3.8, 4) is 0 Å². The molecule has 19 heteroatoms. The van der Waals surface area contributed by atoms with Crippen LogP contribution < -0.4 is 26.0 Å². The second kappa shape index (κ2) is 19.1. The molecule has 0 saturated heterocycles. The van der Waals surface area contributed by atoms with Crippen molar-refractivity contribution in [2.45, 2.75) is 71.6 Å². The summed E-state index contributed by atoms with van der Waals surface area (Å²) >= 11 is 1.93. The van der Waals surface area contributed by atoms with Crippen LogP contribution in [0.25, 0.3) is 0 Å². The zero-order valence-corrected chi connectivity index (χ0v) is 33.9. The van der Waals surface area contributed by atoms with Gasteiger partial charge in [0, 0.05) is 34.0 Å². The van der Waals surface area contributed by atoms with Crippen LogP contribution in [0.5, 0.6) is 0 Å².